The Morgan fingerprint density at radius 1 is 0.224 bits per heavy atom. The van der Waals surface area contributed by atoms with Gasteiger partial charge in [-0.15, -0.1) is 0 Å². The molecular weight excluding hydrogens is 703 g/mol. The van der Waals surface area contributed by atoms with Crippen molar-refractivity contribution in [1.29, 1.82) is 0 Å². The number of aromatic nitrogens is 3. The van der Waals surface area contributed by atoms with Gasteiger partial charge in [-0.25, -0.2) is 15.0 Å². The van der Waals surface area contributed by atoms with E-state index in [0.29, 0.717) is 17.5 Å². The zero-order valence-electron chi connectivity index (χ0n) is 31.5. The van der Waals surface area contributed by atoms with E-state index in [-0.39, 0.29) is 0 Å². The van der Waals surface area contributed by atoms with E-state index in [9.17, 15) is 0 Å². The molecule has 11 aromatic rings. The van der Waals surface area contributed by atoms with Crippen LogP contribution in [-0.4, -0.2) is 15.0 Å². The lowest BCUT2D eigenvalue weighted by Crippen LogP contribution is -2.01. The molecule has 3 nitrogen and oxygen atoms in total. The number of hydrogen-bond donors (Lipinski definition) is 0. The zero-order valence-corrected chi connectivity index (χ0v) is 31.5. The summed E-state index contributed by atoms with van der Waals surface area (Å²) in [7, 11) is 0. The SMILES string of the molecule is c1ccc(-c2cccc(-c3nc(-c4ccc(-c5c6ccccc6cc6c5ccc5ccccc56)cc4)nc(-c4ccccc4-c4ccc5ccccc5c4)n3)c2)cc1. The molecule has 0 radical (unpaired) electrons. The van der Waals surface area contributed by atoms with Gasteiger partial charge in [-0.05, 0) is 94.7 Å². The second-order valence-corrected chi connectivity index (χ2v) is 14.8. The van der Waals surface area contributed by atoms with Crippen LogP contribution in [0.25, 0.3) is 111 Å². The van der Waals surface area contributed by atoms with Crippen molar-refractivity contribution in [2.75, 3.05) is 0 Å². The smallest absolute Gasteiger partial charge is 0.164 e. The second-order valence-electron chi connectivity index (χ2n) is 14.8. The van der Waals surface area contributed by atoms with Crippen LogP contribution in [-0.2, 0) is 0 Å². The predicted molar refractivity (Wildman–Crippen MR) is 242 cm³/mol. The van der Waals surface area contributed by atoms with Crippen molar-refractivity contribution in [1.82, 2.24) is 15.0 Å². The summed E-state index contributed by atoms with van der Waals surface area (Å²) in [4.78, 5) is 15.7. The zero-order chi connectivity index (χ0) is 38.4. The van der Waals surface area contributed by atoms with E-state index < -0.39 is 0 Å². The largest absolute Gasteiger partial charge is 0.208 e. The Morgan fingerprint density at radius 2 is 0.793 bits per heavy atom. The lowest BCUT2D eigenvalue weighted by atomic mass is 9.89. The Morgan fingerprint density at radius 3 is 1.62 bits per heavy atom. The Kier molecular flexibility index (Phi) is 8.15. The van der Waals surface area contributed by atoms with E-state index in [1.165, 1.54) is 48.7 Å². The van der Waals surface area contributed by atoms with Crippen molar-refractivity contribution in [3.05, 3.63) is 212 Å². The molecule has 10 aromatic carbocycles. The highest BCUT2D eigenvalue weighted by Gasteiger charge is 2.18. The van der Waals surface area contributed by atoms with Crippen LogP contribution in [0.2, 0.25) is 0 Å². The van der Waals surface area contributed by atoms with Gasteiger partial charge in [0.25, 0.3) is 0 Å². The first kappa shape index (κ1) is 33.6. The molecule has 0 amide bonds. The standard InChI is InChI=1S/C55H35N3/c1-2-13-36(14-3-1)42-19-12-20-45(34-42)54-56-53(57-55(58-54)50-24-11-10-22-47(50)44-30-25-37-15-4-5-17-41(37)33-44)40-28-26-39(27-29-40)52-48-23-9-7-18-43(48)35-51-46-21-8-6-16-38(46)31-32-49(51)52/h1-35H. The molecular formula is C55H35N3. The number of nitrogens with zero attached hydrogens (tertiary/aromatic N) is 3. The fraction of sp³-hybridized carbons (Fsp3) is 0. The van der Waals surface area contributed by atoms with Crippen molar-refractivity contribution in [2.24, 2.45) is 0 Å². The summed E-state index contributed by atoms with van der Waals surface area (Å²) in [5.41, 5.74) is 9.61. The monoisotopic (exact) mass is 737 g/mol. The predicted octanol–water partition coefficient (Wildman–Crippen LogP) is 14.5. The van der Waals surface area contributed by atoms with Gasteiger partial charge < -0.3 is 0 Å². The molecule has 0 fully saturated rings. The first-order valence-electron chi connectivity index (χ1n) is 19.7. The summed E-state index contributed by atoms with van der Waals surface area (Å²) in [5, 5.41) is 9.84. The minimum atomic E-state index is 0.624. The van der Waals surface area contributed by atoms with Gasteiger partial charge in [0.2, 0.25) is 0 Å². The van der Waals surface area contributed by atoms with Crippen LogP contribution in [0.5, 0.6) is 0 Å². The number of benzene rings is 10. The van der Waals surface area contributed by atoms with Crippen molar-refractivity contribution in [3.8, 4) is 67.5 Å². The number of rotatable bonds is 6. The third-order valence-corrected chi connectivity index (χ3v) is 11.3. The molecule has 0 saturated carbocycles. The van der Waals surface area contributed by atoms with Crippen LogP contribution in [0.15, 0.2) is 212 Å². The molecule has 0 unspecified atom stereocenters. The molecule has 0 saturated heterocycles. The van der Waals surface area contributed by atoms with Gasteiger partial charge in [-0.1, -0.05) is 194 Å². The maximum Gasteiger partial charge on any atom is 0.164 e. The van der Waals surface area contributed by atoms with Gasteiger partial charge in [-0.2, -0.15) is 0 Å². The molecule has 0 aliphatic carbocycles. The lowest BCUT2D eigenvalue weighted by molar-refractivity contribution is 1.07. The Bertz CT molecular complexity index is 3330. The lowest BCUT2D eigenvalue weighted by Gasteiger charge is -2.15. The molecule has 3 heteroatoms. The van der Waals surface area contributed by atoms with Crippen LogP contribution in [0.3, 0.4) is 0 Å². The molecule has 1 heterocycles. The molecule has 11 rings (SSSR count). The van der Waals surface area contributed by atoms with Gasteiger partial charge >= 0.3 is 0 Å². The van der Waals surface area contributed by atoms with Crippen molar-refractivity contribution in [2.45, 2.75) is 0 Å². The van der Waals surface area contributed by atoms with Crippen molar-refractivity contribution in [3.63, 3.8) is 0 Å². The van der Waals surface area contributed by atoms with E-state index in [1.807, 2.05) is 6.07 Å². The van der Waals surface area contributed by atoms with Crippen LogP contribution >= 0.6 is 0 Å². The molecule has 0 bridgehead atoms. The first-order valence-corrected chi connectivity index (χ1v) is 19.7. The normalized spacial score (nSPS) is 11.4. The topological polar surface area (TPSA) is 38.7 Å². The summed E-state index contributed by atoms with van der Waals surface area (Å²) in [6, 6.07) is 75.3. The van der Waals surface area contributed by atoms with Crippen LogP contribution in [0, 0.1) is 0 Å². The van der Waals surface area contributed by atoms with E-state index in [2.05, 4.69) is 206 Å². The van der Waals surface area contributed by atoms with E-state index in [1.54, 1.807) is 0 Å². The summed E-state index contributed by atoms with van der Waals surface area (Å²) in [6.45, 7) is 0. The van der Waals surface area contributed by atoms with Gasteiger partial charge in [0.15, 0.2) is 17.5 Å². The van der Waals surface area contributed by atoms with Crippen LogP contribution in [0.4, 0.5) is 0 Å². The Labute approximate surface area is 336 Å². The molecule has 58 heavy (non-hydrogen) atoms. The summed E-state index contributed by atoms with van der Waals surface area (Å²) in [6.07, 6.45) is 0. The van der Waals surface area contributed by atoms with Gasteiger partial charge in [-0.3, -0.25) is 0 Å². The molecule has 0 spiro atoms. The maximum absolute atomic E-state index is 5.24. The number of hydrogen-bond acceptors (Lipinski definition) is 3. The Balaban J connectivity index is 1.08. The fourth-order valence-corrected chi connectivity index (χ4v) is 8.43. The maximum atomic E-state index is 5.24. The third-order valence-electron chi connectivity index (χ3n) is 11.3. The van der Waals surface area contributed by atoms with Crippen LogP contribution in [0.1, 0.15) is 0 Å². The highest BCUT2D eigenvalue weighted by molar-refractivity contribution is 6.20. The van der Waals surface area contributed by atoms with Crippen LogP contribution < -0.4 is 0 Å². The Hall–Kier alpha value is -7.75. The van der Waals surface area contributed by atoms with E-state index in [0.717, 1.165) is 44.5 Å². The molecule has 270 valence electrons. The minimum Gasteiger partial charge on any atom is -0.208 e. The summed E-state index contributed by atoms with van der Waals surface area (Å²) >= 11 is 0. The quantitative estimate of drug-likeness (QED) is 0.126. The molecule has 1 aromatic heterocycles. The molecule has 0 aliphatic rings. The van der Waals surface area contributed by atoms with E-state index in [4.69, 9.17) is 15.0 Å². The molecule has 0 N–H and O–H groups in total. The summed E-state index contributed by atoms with van der Waals surface area (Å²) < 4.78 is 0. The summed E-state index contributed by atoms with van der Waals surface area (Å²) in [5.74, 6) is 1.88. The van der Waals surface area contributed by atoms with Gasteiger partial charge in [0.1, 0.15) is 0 Å². The average molecular weight is 738 g/mol. The molecule has 0 atom stereocenters. The molecule has 0 aliphatic heterocycles. The van der Waals surface area contributed by atoms with E-state index >= 15 is 0 Å². The van der Waals surface area contributed by atoms with Crippen molar-refractivity contribution >= 4 is 43.1 Å². The highest BCUT2D eigenvalue weighted by atomic mass is 15.0. The number of fused-ring (bicyclic) bond motifs is 5. The van der Waals surface area contributed by atoms with Gasteiger partial charge in [0.05, 0.1) is 0 Å². The van der Waals surface area contributed by atoms with Gasteiger partial charge in [0, 0.05) is 16.7 Å². The van der Waals surface area contributed by atoms with Crippen molar-refractivity contribution < 1.29 is 0 Å². The fourth-order valence-electron chi connectivity index (χ4n) is 8.43. The minimum absolute atomic E-state index is 0.624. The second kappa shape index (κ2) is 14.1. The highest BCUT2D eigenvalue weighted by Crippen LogP contribution is 2.40. The average Bonchev–Trinajstić information content (AvgIpc) is 3.31. The third kappa shape index (κ3) is 5.98. The first-order chi connectivity index (χ1) is 28.7.